The zero-order valence-electron chi connectivity index (χ0n) is 8.59. The topological polar surface area (TPSA) is 27.8 Å². The summed E-state index contributed by atoms with van der Waals surface area (Å²) in [5.41, 5.74) is 3.98. The van der Waals surface area contributed by atoms with Crippen molar-refractivity contribution in [1.29, 1.82) is 0 Å². The summed E-state index contributed by atoms with van der Waals surface area (Å²) in [6.07, 6.45) is 3.06. The first-order valence-corrected chi connectivity index (χ1v) is 5.35. The number of aromatic nitrogens is 1. The van der Waals surface area contributed by atoms with Crippen LogP contribution in [-0.2, 0) is 6.42 Å². The van der Waals surface area contributed by atoms with Gasteiger partial charge in [0.1, 0.15) is 0 Å². The summed E-state index contributed by atoms with van der Waals surface area (Å²) in [6, 6.07) is 8.76. The van der Waals surface area contributed by atoms with E-state index in [9.17, 15) is 0 Å². The molecule has 2 nitrogen and oxygen atoms in total. The predicted molar refractivity (Wildman–Crippen MR) is 62.9 cm³/mol. The number of para-hydroxylation sites is 1. The molecule has 2 heterocycles. The molecule has 1 aliphatic rings. The van der Waals surface area contributed by atoms with Crippen molar-refractivity contribution in [1.82, 2.24) is 10.3 Å². The second-order valence-electron chi connectivity index (χ2n) is 3.98. The van der Waals surface area contributed by atoms with E-state index in [4.69, 9.17) is 0 Å². The van der Waals surface area contributed by atoms with E-state index < -0.39 is 0 Å². The second-order valence-corrected chi connectivity index (χ2v) is 3.98. The van der Waals surface area contributed by atoms with Crippen molar-refractivity contribution in [2.24, 2.45) is 0 Å². The van der Waals surface area contributed by atoms with E-state index in [0.29, 0.717) is 6.04 Å². The Morgan fingerprint density at radius 1 is 1.33 bits per heavy atom. The van der Waals surface area contributed by atoms with Crippen molar-refractivity contribution in [2.75, 3.05) is 6.54 Å². The molecule has 0 saturated carbocycles. The van der Waals surface area contributed by atoms with Gasteiger partial charge in [-0.05, 0) is 6.07 Å². The molecule has 1 aliphatic heterocycles. The van der Waals surface area contributed by atoms with Crippen LogP contribution in [0.3, 0.4) is 0 Å². The molecular weight excluding hydrogens is 184 g/mol. The molecule has 2 aromatic rings. The van der Waals surface area contributed by atoms with E-state index in [1.807, 2.05) is 6.08 Å². The fraction of sp³-hybridized carbons (Fsp3) is 0.231. The molecule has 1 unspecified atom stereocenters. The van der Waals surface area contributed by atoms with Crippen LogP contribution < -0.4 is 5.32 Å². The fourth-order valence-corrected chi connectivity index (χ4v) is 2.43. The van der Waals surface area contributed by atoms with Crippen molar-refractivity contribution in [2.45, 2.75) is 12.5 Å². The Labute approximate surface area is 89.0 Å². The lowest BCUT2D eigenvalue weighted by atomic mass is 9.98. The summed E-state index contributed by atoms with van der Waals surface area (Å²) in [7, 11) is 0. The van der Waals surface area contributed by atoms with Gasteiger partial charge in [0.05, 0.1) is 6.04 Å². The smallest absolute Gasteiger partial charge is 0.0527 e. The highest BCUT2D eigenvalue weighted by atomic mass is 14.9. The van der Waals surface area contributed by atoms with Crippen molar-refractivity contribution >= 4 is 10.9 Å². The van der Waals surface area contributed by atoms with E-state index in [-0.39, 0.29) is 0 Å². The molecule has 1 atom stereocenters. The largest absolute Gasteiger partial charge is 0.358 e. The van der Waals surface area contributed by atoms with E-state index in [2.05, 4.69) is 41.1 Å². The Kier molecular flexibility index (Phi) is 1.89. The van der Waals surface area contributed by atoms with Gasteiger partial charge in [-0.2, -0.15) is 0 Å². The van der Waals surface area contributed by atoms with Gasteiger partial charge in [-0.15, -0.1) is 6.58 Å². The van der Waals surface area contributed by atoms with Gasteiger partial charge in [0, 0.05) is 35.1 Å². The maximum atomic E-state index is 3.89. The monoisotopic (exact) mass is 198 g/mol. The van der Waals surface area contributed by atoms with Crippen molar-refractivity contribution in [3.63, 3.8) is 0 Å². The molecule has 0 radical (unpaired) electrons. The summed E-state index contributed by atoms with van der Waals surface area (Å²) >= 11 is 0. The fourth-order valence-electron chi connectivity index (χ4n) is 2.43. The first kappa shape index (κ1) is 8.74. The Bertz CT molecular complexity index is 510. The van der Waals surface area contributed by atoms with Crippen LogP contribution in [0.1, 0.15) is 17.3 Å². The third-order valence-corrected chi connectivity index (χ3v) is 3.11. The minimum Gasteiger partial charge on any atom is -0.358 e. The first-order chi connectivity index (χ1) is 7.40. The van der Waals surface area contributed by atoms with Gasteiger partial charge >= 0.3 is 0 Å². The normalized spacial score (nSPS) is 20.1. The molecule has 1 aromatic carbocycles. The molecule has 2 heteroatoms. The van der Waals surface area contributed by atoms with E-state index >= 15 is 0 Å². The molecule has 2 N–H and O–H groups in total. The van der Waals surface area contributed by atoms with Gasteiger partial charge in [0.2, 0.25) is 0 Å². The molecule has 76 valence electrons. The summed E-state index contributed by atoms with van der Waals surface area (Å²) < 4.78 is 0. The van der Waals surface area contributed by atoms with Gasteiger partial charge in [0.15, 0.2) is 0 Å². The minimum atomic E-state index is 0.296. The van der Waals surface area contributed by atoms with Crippen LogP contribution in [0.2, 0.25) is 0 Å². The highest BCUT2D eigenvalue weighted by Gasteiger charge is 2.21. The Hall–Kier alpha value is -1.54. The molecule has 0 aliphatic carbocycles. The second kappa shape index (κ2) is 3.24. The Morgan fingerprint density at radius 3 is 3.07 bits per heavy atom. The third-order valence-electron chi connectivity index (χ3n) is 3.11. The van der Waals surface area contributed by atoms with Crippen LogP contribution in [0.5, 0.6) is 0 Å². The highest BCUT2D eigenvalue weighted by Crippen LogP contribution is 2.31. The molecule has 0 saturated heterocycles. The Balaban J connectivity index is 2.31. The van der Waals surface area contributed by atoms with Gasteiger partial charge in [-0.1, -0.05) is 24.3 Å². The molecular formula is C13H14N2. The number of aromatic amines is 1. The number of hydrogen-bond donors (Lipinski definition) is 2. The van der Waals surface area contributed by atoms with Gasteiger partial charge in [-0.3, -0.25) is 0 Å². The quantitative estimate of drug-likeness (QED) is 0.677. The number of fused-ring (bicyclic) bond motifs is 3. The van der Waals surface area contributed by atoms with Crippen LogP contribution >= 0.6 is 0 Å². The van der Waals surface area contributed by atoms with Crippen LogP contribution in [-0.4, -0.2) is 11.5 Å². The molecule has 1 aromatic heterocycles. The molecule has 3 rings (SSSR count). The lowest BCUT2D eigenvalue weighted by Gasteiger charge is -2.21. The lowest BCUT2D eigenvalue weighted by molar-refractivity contribution is 0.581. The van der Waals surface area contributed by atoms with E-state index in [0.717, 1.165) is 13.0 Å². The number of rotatable bonds is 1. The van der Waals surface area contributed by atoms with Gasteiger partial charge < -0.3 is 10.3 Å². The van der Waals surface area contributed by atoms with Crippen LogP contribution in [0.15, 0.2) is 36.9 Å². The zero-order chi connectivity index (χ0) is 10.3. The molecule has 0 spiro atoms. The summed E-state index contributed by atoms with van der Waals surface area (Å²) in [4.78, 5) is 3.49. The Morgan fingerprint density at radius 2 is 2.20 bits per heavy atom. The number of hydrogen-bond acceptors (Lipinski definition) is 1. The van der Waals surface area contributed by atoms with Crippen molar-refractivity contribution < 1.29 is 0 Å². The SMILES string of the molecule is C=CC1NCCc2[nH]c3ccccc3c21. The maximum absolute atomic E-state index is 3.89. The number of benzene rings is 1. The molecule has 0 fully saturated rings. The lowest BCUT2D eigenvalue weighted by Crippen LogP contribution is -2.27. The van der Waals surface area contributed by atoms with Crippen LogP contribution in [0.25, 0.3) is 10.9 Å². The maximum Gasteiger partial charge on any atom is 0.0527 e. The summed E-state index contributed by atoms with van der Waals surface area (Å²) in [5, 5.41) is 4.79. The molecule has 0 bridgehead atoms. The van der Waals surface area contributed by atoms with Gasteiger partial charge in [-0.25, -0.2) is 0 Å². The van der Waals surface area contributed by atoms with Crippen molar-refractivity contribution in [3.05, 3.63) is 48.2 Å². The number of nitrogens with one attached hydrogen (secondary N) is 2. The molecule has 0 amide bonds. The average Bonchev–Trinajstić information content (AvgIpc) is 2.67. The third kappa shape index (κ3) is 1.22. The van der Waals surface area contributed by atoms with E-state index in [1.165, 1.54) is 22.2 Å². The minimum absolute atomic E-state index is 0.296. The molecule has 15 heavy (non-hydrogen) atoms. The number of H-pyrrole nitrogens is 1. The standard InChI is InChI=1S/C13H14N2/c1-2-10-13-9-5-3-4-6-11(9)15-12(13)7-8-14-10/h2-6,10,14-15H,1,7-8H2. The van der Waals surface area contributed by atoms with Crippen molar-refractivity contribution in [3.8, 4) is 0 Å². The average molecular weight is 198 g/mol. The predicted octanol–water partition coefficient (Wildman–Crippen LogP) is 2.54. The summed E-state index contributed by atoms with van der Waals surface area (Å²) in [5.74, 6) is 0. The highest BCUT2D eigenvalue weighted by molar-refractivity contribution is 5.85. The van der Waals surface area contributed by atoms with Crippen LogP contribution in [0, 0.1) is 0 Å². The van der Waals surface area contributed by atoms with Gasteiger partial charge in [0.25, 0.3) is 0 Å². The first-order valence-electron chi connectivity index (χ1n) is 5.35. The van der Waals surface area contributed by atoms with E-state index in [1.54, 1.807) is 0 Å². The van der Waals surface area contributed by atoms with Crippen LogP contribution in [0.4, 0.5) is 0 Å². The zero-order valence-corrected chi connectivity index (χ0v) is 8.59. The summed E-state index contributed by atoms with van der Waals surface area (Å²) in [6.45, 7) is 4.92.